The molecule has 2 heterocycles. The Morgan fingerprint density at radius 2 is 1.96 bits per heavy atom. The van der Waals surface area contributed by atoms with Crippen molar-refractivity contribution in [1.82, 2.24) is 25.5 Å². The van der Waals surface area contributed by atoms with Crippen molar-refractivity contribution < 1.29 is 9.53 Å². The number of fused-ring (bicyclic) bond motifs is 1. The van der Waals surface area contributed by atoms with E-state index in [1.165, 1.54) is 4.80 Å². The van der Waals surface area contributed by atoms with Crippen LogP contribution < -0.4 is 10.1 Å². The largest absolute Gasteiger partial charge is 0.487 e. The van der Waals surface area contributed by atoms with Crippen molar-refractivity contribution in [1.29, 1.82) is 0 Å². The second-order valence-electron chi connectivity index (χ2n) is 7.73. The number of aromatic nitrogens is 4. The van der Waals surface area contributed by atoms with Gasteiger partial charge in [-0.05, 0) is 32.1 Å². The van der Waals surface area contributed by atoms with Gasteiger partial charge in [-0.2, -0.15) is 4.80 Å². The molecule has 0 aliphatic carbocycles. The summed E-state index contributed by atoms with van der Waals surface area (Å²) in [6.45, 7) is 6.08. The van der Waals surface area contributed by atoms with Gasteiger partial charge in [0.2, 0.25) is 11.7 Å². The molecule has 1 aromatic heterocycles. The minimum Gasteiger partial charge on any atom is -0.487 e. The fourth-order valence-corrected chi connectivity index (χ4v) is 3.43. The van der Waals surface area contributed by atoms with Crippen LogP contribution in [-0.4, -0.2) is 31.7 Å². The van der Waals surface area contributed by atoms with Crippen LogP contribution in [0.25, 0.3) is 11.4 Å². The predicted molar refractivity (Wildman–Crippen MR) is 105 cm³/mol. The van der Waals surface area contributed by atoms with Gasteiger partial charge >= 0.3 is 0 Å². The van der Waals surface area contributed by atoms with E-state index in [0.717, 1.165) is 22.4 Å². The normalized spacial score (nSPS) is 17.5. The van der Waals surface area contributed by atoms with Crippen molar-refractivity contribution >= 4 is 5.91 Å². The molecule has 1 aliphatic heterocycles. The number of nitrogens with one attached hydrogen (secondary N) is 1. The summed E-state index contributed by atoms with van der Waals surface area (Å²) in [5.74, 6) is 1.15. The number of benzene rings is 2. The summed E-state index contributed by atoms with van der Waals surface area (Å²) < 4.78 is 6.02. The Bertz CT molecular complexity index is 994. The molecule has 1 aliphatic rings. The summed E-state index contributed by atoms with van der Waals surface area (Å²) in [6, 6.07) is 15.6. The Kier molecular flexibility index (Phi) is 4.58. The molecular formula is C21H23N5O2. The van der Waals surface area contributed by atoms with Crippen molar-refractivity contribution in [2.24, 2.45) is 0 Å². The maximum Gasteiger partial charge on any atom is 0.244 e. The molecule has 0 unspecified atom stereocenters. The number of hydrogen-bond acceptors (Lipinski definition) is 5. The summed E-state index contributed by atoms with van der Waals surface area (Å²) >= 11 is 0. The van der Waals surface area contributed by atoms with Gasteiger partial charge in [-0.1, -0.05) is 48.0 Å². The zero-order valence-electron chi connectivity index (χ0n) is 16.2. The van der Waals surface area contributed by atoms with Crippen LogP contribution in [0.15, 0.2) is 48.5 Å². The summed E-state index contributed by atoms with van der Waals surface area (Å²) in [4.78, 5) is 13.9. The zero-order valence-corrected chi connectivity index (χ0v) is 16.2. The number of ether oxygens (including phenoxy) is 1. The number of hydrogen-bond donors (Lipinski definition) is 1. The van der Waals surface area contributed by atoms with Crippen molar-refractivity contribution in [3.05, 3.63) is 59.7 Å². The third-order valence-corrected chi connectivity index (χ3v) is 4.76. The molecule has 7 heteroatoms. The molecule has 1 atom stereocenters. The minimum absolute atomic E-state index is 0.0127. The van der Waals surface area contributed by atoms with E-state index in [4.69, 9.17) is 4.74 Å². The third kappa shape index (κ3) is 3.88. The smallest absolute Gasteiger partial charge is 0.244 e. The summed E-state index contributed by atoms with van der Waals surface area (Å²) in [5, 5.41) is 15.5. The second kappa shape index (κ2) is 7.07. The monoisotopic (exact) mass is 377 g/mol. The first-order chi connectivity index (χ1) is 13.4. The molecule has 2 aromatic carbocycles. The standard InChI is InChI=1S/C21H23N5O2/c1-14-8-10-15(11-9-14)20-23-25-26(24-20)13-19(27)22-17-12-21(2,3)28-18-7-5-4-6-16(17)18/h4-11,17H,12-13H2,1-3H3,(H,22,27)/t17-/m1/s1. The third-order valence-electron chi connectivity index (χ3n) is 4.76. The van der Waals surface area contributed by atoms with Gasteiger partial charge in [0, 0.05) is 17.5 Å². The summed E-state index contributed by atoms with van der Waals surface area (Å²) in [6.07, 6.45) is 0.690. The van der Waals surface area contributed by atoms with E-state index >= 15 is 0 Å². The SMILES string of the molecule is Cc1ccc(-c2nnn(CC(=O)N[C@@H]3CC(C)(C)Oc4ccccc43)n2)cc1. The number of tetrazole rings is 1. The number of para-hydroxylation sites is 1. The fourth-order valence-electron chi connectivity index (χ4n) is 3.43. The van der Waals surface area contributed by atoms with E-state index in [1.54, 1.807) is 0 Å². The van der Waals surface area contributed by atoms with Crippen molar-refractivity contribution in [2.75, 3.05) is 0 Å². The Morgan fingerprint density at radius 3 is 2.75 bits per heavy atom. The van der Waals surface area contributed by atoms with Crippen LogP contribution in [0, 0.1) is 6.92 Å². The highest BCUT2D eigenvalue weighted by Crippen LogP contribution is 2.39. The Morgan fingerprint density at radius 1 is 1.21 bits per heavy atom. The Hall–Kier alpha value is -3.22. The van der Waals surface area contributed by atoms with Gasteiger partial charge in [-0.25, -0.2) is 0 Å². The number of carbonyl (C=O) groups excluding carboxylic acids is 1. The van der Waals surface area contributed by atoms with Crippen molar-refractivity contribution in [3.8, 4) is 17.1 Å². The van der Waals surface area contributed by atoms with E-state index in [1.807, 2.05) is 69.3 Å². The van der Waals surface area contributed by atoms with Gasteiger partial charge in [0.1, 0.15) is 17.9 Å². The molecule has 144 valence electrons. The number of aryl methyl sites for hydroxylation is 1. The Balaban J connectivity index is 1.46. The maximum atomic E-state index is 12.6. The summed E-state index contributed by atoms with van der Waals surface area (Å²) in [7, 11) is 0. The lowest BCUT2D eigenvalue weighted by Gasteiger charge is -2.37. The first kappa shape index (κ1) is 18.2. The molecule has 0 radical (unpaired) electrons. The highest BCUT2D eigenvalue weighted by atomic mass is 16.5. The highest BCUT2D eigenvalue weighted by molar-refractivity contribution is 5.76. The molecule has 4 rings (SSSR count). The predicted octanol–water partition coefficient (Wildman–Crippen LogP) is 3.07. The van der Waals surface area contributed by atoms with E-state index in [-0.39, 0.29) is 24.1 Å². The van der Waals surface area contributed by atoms with Gasteiger partial charge in [0.15, 0.2) is 0 Å². The lowest BCUT2D eigenvalue weighted by Crippen LogP contribution is -2.42. The zero-order chi connectivity index (χ0) is 19.7. The number of amides is 1. The van der Waals surface area contributed by atoms with E-state index in [0.29, 0.717) is 12.2 Å². The van der Waals surface area contributed by atoms with Crippen LogP contribution in [0.4, 0.5) is 0 Å². The summed E-state index contributed by atoms with van der Waals surface area (Å²) in [5.41, 5.74) is 2.67. The number of rotatable bonds is 4. The van der Waals surface area contributed by atoms with Crippen LogP contribution in [0.2, 0.25) is 0 Å². The fraction of sp³-hybridized carbons (Fsp3) is 0.333. The molecule has 0 bridgehead atoms. The van der Waals surface area contributed by atoms with E-state index < -0.39 is 0 Å². The molecule has 0 fully saturated rings. The lowest BCUT2D eigenvalue weighted by molar-refractivity contribution is -0.123. The highest BCUT2D eigenvalue weighted by Gasteiger charge is 2.34. The average Bonchev–Trinajstić information content (AvgIpc) is 3.09. The molecule has 1 N–H and O–H groups in total. The molecule has 0 spiro atoms. The van der Waals surface area contributed by atoms with Crippen LogP contribution in [0.1, 0.15) is 37.4 Å². The van der Waals surface area contributed by atoms with Crippen LogP contribution >= 0.6 is 0 Å². The molecule has 7 nitrogen and oxygen atoms in total. The van der Waals surface area contributed by atoms with Gasteiger partial charge in [0.05, 0.1) is 6.04 Å². The minimum atomic E-state index is -0.351. The second-order valence-corrected chi connectivity index (χ2v) is 7.73. The van der Waals surface area contributed by atoms with E-state index in [2.05, 4.69) is 20.7 Å². The molecule has 1 amide bonds. The molecule has 0 saturated heterocycles. The number of nitrogens with zero attached hydrogens (tertiary/aromatic N) is 4. The lowest BCUT2D eigenvalue weighted by atomic mass is 9.89. The quantitative estimate of drug-likeness (QED) is 0.756. The van der Waals surface area contributed by atoms with Crippen LogP contribution in [0.3, 0.4) is 0 Å². The number of carbonyl (C=O) groups is 1. The molecule has 28 heavy (non-hydrogen) atoms. The topological polar surface area (TPSA) is 81.9 Å². The van der Waals surface area contributed by atoms with Crippen molar-refractivity contribution in [2.45, 2.75) is 45.4 Å². The van der Waals surface area contributed by atoms with Crippen LogP contribution in [0.5, 0.6) is 5.75 Å². The van der Waals surface area contributed by atoms with Gasteiger partial charge in [-0.15, -0.1) is 10.2 Å². The Labute approximate surface area is 163 Å². The molecule has 3 aromatic rings. The van der Waals surface area contributed by atoms with E-state index in [9.17, 15) is 4.79 Å². The van der Waals surface area contributed by atoms with Crippen molar-refractivity contribution in [3.63, 3.8) is 0 Å². The molecular weight excluding hydrogens is 354 g/mol. The first-order valence-corrected chi connectivity index (χ1v) is 9.32. The van der Waals surface area contributed by atoms with Gasteiger partial charge in [0.25, 0.3) is 0 Å². The maximum absolute atomic E-state index is 12.6. The first-order valence-electron chi connectivity index (χ1n) is 9.32. The van der Waals surface area contributed by atoms with Crippen LogP contribution in [-0.2, 0) is 11.3 Å². The van der Waals surface area contributed by atoms with Gasteiger partial charge in [-0.3, -0.25) is 4.79 Å². The average molecular weight is 377 g/mol. The van der Waals surface area contributed by atoms with Gasteiger partial charge < -0.3 is 10.1 Å². The molecule has 0 saturated carbocycles.